The van der Waals surface area contributed by atoms with Crippen molar-refractivity contribution in [2.45, 2.75) is 13.0 Å². The van der Waals surface area contributed by atoms with Gasteiger partial charge >= 0.3 is 0 Å². The molecule has 0 spiro atoms. The van der Waals surface area contributed by atoms with Crippen LogP contribution >= 0.6 is 27.5 Å². The smallest absolute Gasteiger partial charge is 0.239 e. The number of alkyl halides is 1. The van der Waals surface area contributed by atoms with Crippen LogP contribution in [0.1, 0.15) is 5.82 Å². The predicted octanol–water partition coefficient (Wildman–Crippen LogP) is 2.33. The molecule has 1 N–H and O–H groups in total. The second-order valence-electron chi connectivity index (χ2n) is 3.86. The minimum absolute atomic E-state index is 0.0481. The summed E-state index contributed by atoms with van der Waals surface area (Å²) >= 11 is 9.19. The first kappa shape index (κ1) is 13.4. The minimum Gasteiger partial charge on any atom is -0.358 e. The quantitative estimate of drug-likeness (QED) is 0.875. The molecule has 0 radical (unpaired) electrons. The van der Waals surface area contributed by atoms with Gasteiger partial charge in [-0.1, -0.05) is 15.9 Å². The number of carbonyl (C=O) groups is 1. The number of fused-ring (bicyclic) bond motifs is 1. The van der Waals surface area contributed by atoms with E-state index >= 15 is 0 Å². The Labute approximate surface area is 118 Å². The van der Waals surface area contributed by atoms with Gasteiger partial charge in [0.2, 0.25) is 5.91 Å². The maximum atomic E-state index is 11.5. The van der Waals surface area contributed by atoms with Crippen LogP contribution in [0.15, 0.2) is 22.7 Å². The molecule has 0 atom stereocenters. The number of halogens is 2. The molecule has 2 rings (SSSR count). The Morgan fingerprint density at radius 3 is 3.00 bits per heavy atom. The molecule has 96 valence electrons. The van der Waals surface area contributed by atoms with Crippen molar-refractivity contribution in [1.82, 2.24) is 14.9 Å². The maximum absolute atomic E-state index is 11.5. The molecule has 0 fully saturated rings. The summed E-state index contributed by atoms with van der Waals surface area (Å²) in [5.74, 6) is 1.27. The lowest BCUT2D eigenvalue weighted by atomic mass is 10.3. The molecule has 2 aromatic rings. The summed E-state index contributed by atoms with van der Waals surface area (Å²) in [6, 6.07) is 5.83. The van der Waals surface area contributed by atoms with E-state index in [9.17, 15) is 4.79 Å². The van der Waals surface area contributed by atoms with Gasteiger partial charge in [-0.25, -0.2) is 4.98 Å². The standard InChI is InChI=1S/C12H13BrClN3O/c1-15-12(18)7-17-10-3-2-8(13)6-9(10)16-11(17)4-5-14/h2-3,6H,4-5,7H2,1H3,(H,15,18). The first-order valence-corrected chi connectivity index (χ1v) is 6.89. The number of aryl methyl sites for hydroxylation is 1. The average Bonchev–Trinajstić information content (AvgIpc) is 2.67. The van der Waals surface area contributed by atoms with Crippen molar-refractivity contribution >= 4 is 44.5 Å². The van der Waals surface area contributed by atoms with E-state index < -0.39 is 0 Å². The van der Waals surface area contributed by atoms with Crippen LogP contribution in [0.2, 0.25) is 0 Å². The third-order valence-corrected chi connectivity index (χ3v) is 3.37. The third-order valence-electron chi connectivity index (χ3n) is 2.69. The highest BCUT2D eigenvalue weighted by atomic mass is 79.9. The Balaban J connectivity index is 2.51. The summed E-state index contributed by atoms with van der Waals surface area (Å²) in [7, 11) is 1.62. The predicted molar refractivity (Wildman–Crippen MR) is 75.9 cm³/mol. The van der Waals surface area contributed by atoms with E-state index in [2.05, 4.69) is 26.2 Å². The lowest BCUT2D eigenvalue weighted by molar-refractivity contribution is -0.121. The number of amides is 1. The zero-order chi connectivity index (χ0) is 13.1. The molecule has 0 aliphatic rings. The van der Waals surface area contributed by atoms with Crippen LogP contribution < -0.4 is 5.32 Å². The first-order chi connectivity index (χ1) is 8.65. The molecular formula is C12H13BrClN3O. The lowest BCUT2D eigenvalue weighted by Gasteiger charge is -2.07. The van der Waals surface area contributed by atoms with Crippen molar-refractivity contribution in [2.75, 3.05) is 12.9 Å². The van der Waals surface area contributed by atoms with Crippen molar-refractivity contribution in [3.8, 4) is 0 Å². The van der Waals surface area contributed by atoms with Crippen LogP contribution in [0.3, 0.4) is 0 Å². The Morgan fingerprint density at radius 1 is 1.56 bits per heavy atom. The molecule has 0 aliphatic carbocycles. The van der Waals surface area contributed by atoms with E-state index in [0.29, 0.717) is 12.3 Å². The Hall–Kier alpha value is -1.07. The molecular weight excluding hydrogens is 318 g/mol. The summed E-state index contributed by atoms with van der Waals surface area (Å²) in [6.07, 6.45) is 0.644. The van der Waals surface area contributed by atoms with E-state index in [1.807, 2.05) is 22.8 Å². The number of nitrogens with one attached hydrogen (secondary N) is 1. The highest BCUT2D eigenvalue weighted by Crippen LogP contribution is 2.21. The Kier molecular flexibility index (Phi) is 4.24. The highest BCUT2D eigenvalue weighted by Gasteiger charge is 2.12. The summed E-state index contributed by atoms with van der Waals surface area (Å²) in [5.41, 5.74) is 1.82. The molecule has 0 saturated carbocycles. The van der Waals surface area contributed by atoms with Gasteiger partial charge in [0.1, 0.15) is 12.4 Å². The fourth-order valence-electron chi connectivity index (χ4n) is 1.83. The molecule has 6 heteroatoms. The van der Waals surface area contributed by atoms with Crippen LogP contribution in [-0.2, 0) is 17.8 Å². The molecule has 18 heavy (non-hydrogen) atoms. The molecule has 1 aromatic carbocycles. The van der Waals surface area contributed by atoms with E-state index in [1.54, 1.807) is 7.05 Å². The van der Waals surface area contributed by atoms with Gasteiger partial charge in [0.25, 0.3) is 0 Å². The molecule has 1 heterocycles. The number of rotatable bonds is 4. The summed E-state index contributed by atoms with van der Waals surface area (Å²) in [4.78, 5) is 16.1. The van der Waals surface area contributed by atoms with Gasteiger partial charge in [0, 0.05) is 23.8 Å². The van der Waals surface area contributed by atoms with Gasteiger partial charge < -0.3 is 9.88 Å². The zero-order valence-electron chi connectivity index (χ0n) is 9.91. The number of hydrogen-bond acceptors (Lipinski definition) is 2. The van der Waals surface area contributed by atoms with E-state index in [1.165, 1.54) is 0 Å². The molecule has 0 aliphatic heterocycles. The topological polar surface area (TPSA) is 46.9 Å². The Bertz CT molecular complexity index is 582. The number of nitrogens with zero attached hydrogens (tertiary/aromatic N) is 2. The van der Waals surface area contributed by atoms with Crippen LogP contribution in [0.4, 0.5) is 0 Å². The first-order valence-electron chi connectivity index (χ1n) is 5.57. The zero-order valence-corrected chi connectivity index (χ0v) is 12.3. The van der Waals surface area contributed by atoms with Gasteiger partial charge in [0.15, 0.2) is 0 Å². The fraction of sp³-hybridized carbons (Fsp3) is 0.333. The largest absolute Gasteiger partial charge is 0.358 e. The van der Waals surface area contributed by atoms with Gasteiger partial charge in [0.05, 0.1) is 11.0 Å². The summed E-state index contributed by atoms with van der Waals surface area (Å²) in [5, 5.41) is 2.62. The van der Waals surface area contributed by atoms with Crippen molar-refractivity contribution in [1.29, 1.82) is 0 Å². The maximum Gasteiger partial charge on any atom is 0.239 e. The van der Waals surface area contributed by atoms with Crippen molar-refractivity contribution < 1.29 is 4.79 Å². The van der Waals surface area contributed by atoms with Crippen molar-refractivity contribution in [3.63, 3.8) is 0 Å². The molecule has 1 amide bonds. The van der Waals surface area contributed by atoms with E-state index in [-0.39, 0.29) is 12.5 Å². The lowest BCUT2D eigenvalue weighted by Crippen LogP contribution is -2.24. The second kappa shape index (κ2) is 5.71. The van der Waals surface area contributed by atoms with Gasteiger partial charge in [-0.3, -0.25) is 4.79 Å². The van der Waals surface area contributed by atoms with Crippen LogP contribution in [0.25, 0.3) is 11.0 Å². The minimum atomic E-state index is -0.0481. The highest BCUT2D eigenvalue weighted by molar-refractivity contribution is 9.10. The van der Waals surface area contributed by atoms with Crippen molar-refractivity contribution in [3.05, 3.63) is 28.5 Å². The van der Waals surface area contributed by atoms with Gasteiger partial charge in [-0.2, -0.15) is 0 Å². The monoisotopic (exact) mass is 329 g/mol. The Morgan fingerprint density at radius 2 is 2.33 bits per heavy atom. The van der Waals surface area contributed by atoms with Crippen LogP contribution in [0.5, 0.6) is 0 Å². The number of aromatic nitrogens is 2. The van der Waals surface area contributed by atoms with Crippen molar-refractivity contribution in [2.24, 2.45) is 0 Å². The SMILES string of the molecule is CNC(=O)Cn1c(CCCl)nc2cc(Br)ccc21. The van der Waals surface area contributed by atoms with Gasteiger partial charge in [-0.05, 0) is 18.2 Å². The number of carbonyl (C=O) groups excluding carboxylic acids is 1. The second-order valence-corrected chi connectivity index (χ2v) is 5.15. The average molecular weight is 331 g/mol. The fourth-order valence-corrected chi connectivity index (χ4v) is 2.35. The van der Waals surface area contributed by atoms with Crippen LogP contribution in [-0.4, -0.2) is 28.4 Å². The molecule has 0 bridgehead atoms. The number of benzene rings is 1. The van der Waals surface area contributed by atoms with E-state index in [4.69, 9.17) is 11.6 Å². The number of hydrogen-bond donors (Lipinski definition) is 1. The summed E-state index contributed by atoms with van der Waals surface area (Å²) < 4.78 is 2.88. The molecule has 1 aromatic heterocycles. The molecule has 0 saturated heterocycles. The van der Waals surface area contributed by atoms with E-state index in [0.717, 1.165) is 21.3 Å². The van der Waals surface area contributed by atoms with Gasteiger partial charge in [-0.15, -0.1) is 11.6 Å². The number of likely N-dealkylation sites (N-methyl/N-ethyl adjacent to an activating group) is 1. The number of imidazole rings is 1. The molecule has 4 nitrogen and oxygen atoms in total. The molecule has 0 unspecified atom stereocenters. The summed E-state index contributed by atoms with van der Waals surface area (Å²) in [6.45, 7) is 0.265. The van der Waals surface area contributed by atoms with Crippen LogP contribution in [0, 0.1) is 0 Å². The third kappa shape index (κ3) is 2.67. The normalized spacial score (nSPS) is 10.8.